The molecule has 0 aliphatic heterocycles. The van der Waals surface area contributed by atoms with Gasteiger partial charge in [-0.2, -0.15) is 5.10 Å². The van der Waals surface area contributed by atoms with Crippen molar-refractivity contribution in [2.24, 2.45) is 12.8 Å². The summed E-state index contributed by atoms with van der Waals surface area (Å²) in [5.74, 6) is 0. The third-order valence-electron chi connectivity index (χ3n) is 2.63. The molecule has 0 aromatic carbocycles. The maximum atomic E-state index is 10.8. The zero-order valence-electron chi connectivity index (χ0n) is 8.15. The van der Waals surface area contributed by atoms with Crippen LogP contribution in [0.4, 0.5) is 5.69 Å². The third-order valence-corrected chi connectivity index (χ3v) is 2.63. The van der Waals surface area contributed by atoms with Crippen molar-refractivity contribution in [2.75, 3.05) is 0 Å². The van der Waals surface area contributed by atoms with Crippen molar-refractivity contribution in [3.8, 4) is 0 Å². The molecule has 0 unspecified atom stereocenters. The van der Waals surface area contributed by atoms with Crippen LogP contribution in [0.3, 0.4) is 0 Å². The zero-order valence-corrected chi connectivity index (χ0v) is 8.15. The summed E-state index contributed by atoms with van der Waals surface area (Å²) in [6.45, 7) is 1.63. The fraction of sp³-hybridized carbons (Fsp3) is 0.625. The molecule has 0 amide bonds. The summed E-state index contributed by atoms with van der Waals surface area (Å²) in [5.41, 5.74) is 6.51. The smallest absolute Gasteiger partial charge is 0.314 e. The van der Waals surface area contributed by atoms with Gasteiger partial charge in [-0.05, 0) is 19.8 Å². The van der Waals surface area contributed by atoms with Crippen molar-refractivity contribution in [2.45, 2.75) is 25.3 Å². The number of nitrogens with two attached hydrogens (primary N) is 1. The molecule has 1 aromatic rings. The molecule has 76 valence electrons. The largest absolute Gasteiger partial charge is 0.320 e. The number of nitrogens with zero attached hydrogens (tertiary/aromatic N) is 3. The highest BCUT2D eigenvalue weighted by Crippen LogP contribution is 2.46. The van der Waals surface area contributed by atoms with Gasteiger partial charge in [0, 0.05) is 7.05 Å². The number of nitro groups is 1. The lowest BCUT2D eigenvalue weighted by molar-refractivity contribution is -0.386. The van der Waals surface area contributed by atoms with E-state index >= 15 is 0 Å². The predicted octanol–water partition coefficient (Wildman–Crippen LogP) is 0.585. The van der Waals surface area contributed by atoms with Gasteiger partial charge in [-0.25, -0.2) is 0 Å². The molecule has 0 spiro atoms. The van der Waals surface area contributed by atoms with Gasteiger partial charge in [0.25, 0.3) is 0 Å². The van der Waals surface area contributed by atoms with E-state index in [-0.39, 0.29) is 5.69 Å². The summed E-state index contributed by atoms with van der Waals surface area (Å²) >= 11 is 0. The Kier molecular flexibility index (Phi) is 1.66. The molecule has 6 heteroatoms. The number of rotatable bonds is 2. The van der Waals surface area contributed by atoms with Crippen LogP contribution in [0.5, 0.6) is 0 Å². The minimum Gasteiger partial charge on any atom is -0.320 e. The fourth-order valence-electron chi connectivity index (χ4n) is 1.80. The van der Waals surface area contributed by atoms with Crippen LogP contribution in [0, 0.1) is 17.0 Å². The van der Waals surface area contributed by atoms with Gasteiger partial charge >= 0.3 is 5.69 Å². The van der Waals surface area contributed by atoms with Crippen LogP contribution in [0.2, 0.25) is 0 Å². The number of hydrogen-bond donors (Lipinski definition) is 1. The van der Waals surface area contributed by atoms with Crippen molar-refractivity contribution in [3.05, 3.63) is 21.5 Å². The van der Waals surface area contributed by atoms with E-state index in [0.717, 1.165) is 12.8 Å². The van der Waals surface area contributed by atoms with E-state index in [0.29, 0.717) is 11.4 Å². The summed E-state index contributed by atoms with van der Waals surface area (Å²) in [4.78, 5) is 10.4. The van der Waals surface area contributed by atoms with Gasteiger partial charge in [0.1, 0.15) is 11.4 Å². The molecular formula is C8H12N4O2. The van der Waals surface area contributed by atoms with Crippen LogP contribution in [0.1, 0.15) is 24.2 Å². The highest BCUT2D eigenvalue weighted by Gasteiger charge is 2.48. The van der Waals surface area contributed by atoms with Crippen molar-refractivity contribution < 1.29 is 4.92 Å². The summed E-state index contributed by atoms with van der Waals surface area (Å²) in [7, 11) is 1.70. The first-order valence-corrected chi connectivity index (χ1v) is 4.43. The zero-order chi connectivity index (χ0) is 10.5. The van der Waals surface area contributed by atoms with Gasteiger partial charge in [-0.1, -0.05) is 0 Å². The number of hydrogen-bond acceptors (Lipinski definition) is 4. The van der Waals surface area contributed by atoms with Gasteiger partial charge < -0.3 is 5.73 Å². The molecule has 6 nitrogen and oxygen atoms in total. The molecule has 1 heterocycles. The minimum absolute atomic E-state index is 0.0764. The molecule has 1 aromatic heterocycles. The third kappa shape index (κ3) is 1.11. The Bertz CT molecular complexity index is 406. The van der Waals surface area contributed by atoms with E-state index in [1.165, 1.54) is 4.68 Å². The Hall–Kier alpha value is -1.43. The van der Waals surface area contributed by atoms with Crippen LogP contribution in [0.25, 0.3) is 0 Å². The predicted molar refractivity (Wildman–Crippen MR) is 49.7 cm³/mol. The fourth-order valence-corrected chi connectivity index (χ4v) is 1.80. The van der Waals surface area contributed by atoms with Crippen molar-refractivity contribution in [1.82, 2.24) is 9.78 Å². The van der Waals surface area contributed by atoms with Crippen LogP contribution in [-0.2, 0) is 12.6 Å². The second kappa shape index (κ2) is 2.54. The highest BCUT2D eigenvalue weighted by atomic mass is 16.6. The van der Waals surface area contributed by atoms with E-state index in [4.69, 9.17) is 5.73 Å². The quantitative estimate of drug-likeness (QED) is 0.553. The molecule has 1 fully saturated rings. The molecule has 0 radical (unpaired) electrons. The van der Waals surface area contributed by atoms with Crippen molar-refractivity contribution in [3.63, 3.8) is 0 Å². The van der Waals surface area contributed by atoms with Crippen LogP contribution in [-0.4, -0.2) is 14.7 Å². The van der Waals surface area contributed by atoms with E-state index in [1.54, 1.807) is 14.0 Å². The van der Waals surface area contributed by atoms with E-state index < -0.39 is 10.5 Å². The minimum atomic E-state index is -0.515. The molecule has 0 bridgehead atoms. The first kappa shape index (κ1) is 9.14. The van der Waals surface area contributed by atoms with E-state index in [1.807, 2.05) is 0 Å². The number of aromatic nitrogens is 2. The van der Waals surface area contributed by atoms with E-state index in [2.05, 4.69) is 5.10 Å². The second-order valence-electron chi connectivity index (χ2n) is 3.82. The maximum Gasteiger partial charge on any atom is 0.314 e. The summed E-state index contributed by atoms with van der Waals surface area (Å²) in [5, 5.41) is 14.9. The van der Waals surface area contributed by atoms with Gasteiger partial charge in [-0.15, -0.1) is 0 Å². The molecular weight excluding hydrogens is 184 g/mol. The average molecular weight is 196 g/mol. The summed E-state index contributed by atoms with van der Waals surface area (Å²) in [6.07, 6.45) is 1.60. The maximum absolute atomic E-state index is 10.8. The van der Waals surface area contributed by atoms with Crippen molar-refractivity contribution >= 4 is 5.69 Å². The first-order valence-electron chi connectivity index (χ1n) is 4.43. The van der Waals surface area contributed by atoms with Gasteiger partial charge in [0.05, 0.1) is 10.5 Å². The average Bonchev–Trinajstić information content (AvgIpc) is 2.70. The Morgan fingerprint density at radius 2 is 2.21 bits per heavy atom. The molecule has 2 rings (SSSR count). The Morgan fingerprint density at radius 1 is 1.64 bits per heavy atom. The highest BCUT2D eigenvalue weighted by molar-refractivity contribution is 5.46. The Balaban J connectivity index is 2.62. The second-order valence-corrected chi connectivity index (χ2v) is 3.82. The first-order chi connectivity index (χ1) is 6.46. The topological polar surface area (TPSA) is 87.0 Å². The summed E-state index contributed by atoms with van der Waals surface area (Å²) < 4.78 is 1.53. The normalized spacial score (nSPS) is 18.2. The lowest BCUT2D eigenvalue weighted by Crippen LogP contribution is -2.23. The van der Waals surface area contributed by atoms with Gasteiger partial charge in [0.2, 0.25) is 0 Å². The lowest BCUT2D eigenvalue weighted by atomic mass is 10.1. The van der Waals surface area contributed by atoms with Crippen LogP contribution >= 0.6 is 0 Å². The number of aryl methyl sites for hydroxylation is 2. The SMILES string of the molecule is Cc1nn(C)c(C2(N)CC2)c1[N+](=O)[O-]. The Morgan fingerprint density at radius 3 is 2.64 bits per heavy atom. The molecule has 2 N–H and O–H groups in total. The molecule has 0 saturated heterocycles. The van der Waals surface area contributed by atoms with Crippen molar-refractivity contribution in [1.29, 1.82) is 0 Å². The van der Waals surface area contributed by atoms with Gasteiger partial charge in [-0.3, -0.25) is 14.8 Å². The molecule has 14 heavy (non-hydrogen) atoms. The monoisotopic (exact) mass is 196 g/mol. The summed E-state index contributed by atoms with van der Waals surface area (Å²) in [6, 6.07) is 0. The molecule has 1 aliphatic carbocycles. The molecule has 1 saturated carbocycles. The lowest BCUT2D eigenvalue weighted by Gasteiger charge is -2.07. The standard InChI is InChI=1S/C8H12N4O2/c1-5-6(12(13)14)7(11(2)10-5)8(9)3-4-8/h3-4,9H2,1-2H3. The van der Waals surface area contributed by atoms with Crippen LogP contribution in [0.15, 0.2) is 0 Å². The van der Waals surface area contributed by atoms with Gasteiger partial charge in [0.15, 0.2) is 0 Å². The van der Waals surface area contributed by atoms with E-state index in [9.17, 15) is 10.1 Å². The Labute approximate surface area is 80.9 Å². The molecule has 1 aliphatic rings. The molecule has 0 atom stereocenters. The van der Waals surface area contributed by atoms with Crippen LogP contribution < -0.4 is 5.73 Å².